The fourth-order valence-corrected chi connectivity index (χ4v) is 3.55. The van der Waals surface area contributed by atoms with Crippen molar-refractivity contribution in [2.45, 2.75) is 76.4 Å². The van der Waals surface area contributed by atoms with Crippen molar-refractivity contribution in [3.8, 4) is 0 Å². The zero-order valence-electron chi connectivity index (χ0n) is 12.3. The first kappa shape index (κ1) is 14.8. The lowest BCUT2D eigenvalue weighted by Gasteiger charge is -2.33. The van der Waals surface area contributed by atoms with Crippen LogP contribution in [0.2, 0.25) is 0 Å². The summed E-state index contributed by atoms with van der Waals surface area (Å²) in [7, 11) is 0. The molecule has 0 aromatic carbocycles. The summed E-state index contributed by atoms with van der Waals surface area (Å²) in [6, 6.07) is 0.928. The maximum Gasteiger partial charge on any atom is 0.323 e. The Kier molecular flexibility index (Phi) is 4.85. The standard InChI is InChI=1S/C15H28N2O2/c1-12(2)17-10-5-8-15(9-11-17,14(18)19)16-13-6-3-4-7-13/h12-13,16H,3-11H2,1-2H3,(H,18,19). The van der Waals surface area contributed by atoms with E-state index in [-0.39, 0.29) is 0 Å². The van der Waals surface area contributed by atoms with Gasteiger partial charge in [-0.25, -0.2) is 0 Å². The lowest BCUT2D eigenvalue weighted by Crippen LogP contribution is -2.56. The van der Waals surface area contributed by atoms with E-state index in [9.17, 15) is 9.90 Å². The molecule has 1 aliphatic heterocycles. The summed E-state index contributed by atoms with van der Waals surface area (Å²) in [4.78, 5) is 14.2. The lowest BCUT2D eigenvalue weighted by molar-refractivity contribution is -0.146. The van der Waals surface area contributed by atoms with Crippen LogP contribution >= 0.6 is 0 Å². The van der Waals surface area contributed by atoms with E-state index < -0.39 is 11.5 Å². The number of likely N-dealkylation sites (tertiary alicyclic amines) is 1. The Morgan fingerprint density at radius 1 is 1.21 bits per heavy atom. The van der Waals surface area contributed by atoms with Crippen LogP contribution in [-0.4, -0.2) is 46.7 Å². The number of carboxylic acid groups (broad SMARTS) is 1. The molecule has 1 atom stereocenters. The number of hydrogen-bond acceptors (Lipinski definition) is 3. The average Bonchev–Trinajstić information content (AvgIpc) is 2.74. The van der Waals surface area contributed by atoms with Gasteiger partial charge in [-0.1, -0.05) is 12.8 Å². The average molecular weight is 268 g/mol. The van der Waals surface area contributed by atoms with E-state index in [1.165, 1.54) is 12.8 Å². The normalized spacial score (nSPS) is 30.7. The molecule has 4 nitrogen and oxygen atoms in total. The molecular weight excluding hydrogens is 240 g/mol. The number of carbonyl (C=O) groups is 1. The number of rotatable bonds is 4. The molecule has 1 aliphatic carbocycles. The quantitative estimate of drug-likeness (QED) is 0.821. The molecule has 0 aromatic heterocycles. The third-order valence-electron chi connectivity index (χ3n) is 4.85. The number of hydrogen-bond donors (Lipinski definition) is 2. The van der Waals surface area contributed by atoms with Gasteiger partial charge >= 0.3 is 5.97 Å². The molecule has 4 heteroatoms. The summed E-state index contributed by atoms with van der Waals surface area (Å²) in [6.07, 6.45) is 7.24. The van der Waals surface area contributed by atoms with Gasteiger partial charge in [0.2, 0.25) is 0 Å². The van der Waals surface area contributed by atoms with Gasteiger partial charge in [-0.15, -0.1) is 0 Å². The predicted molar refractivity (Wildman–Crippen MR) is 76.3 cm³/mol. The molecule has 1 saturated carbocycles. The number of nitrogens with zero attached hydrogens (tertiary/aromatic N) is 1. The Morgan fingerprint density at radius 2 is 1.89 bits per heavy atom. The second-order valence-corrected chi connectivity index (χ2v) is 6.50. The summed E-state index contributed by atoms with van der Waals surface area (Å²) >= 11 is 0. The van der Waals surface area contributed by atoms with Crippen LogP contribution in [0, 0.1) is 0 Å². The van der Waals surface area contributed by atoms with Crippen molar-refractivity contribution >= 4 is 5.97 Å². The first-order valence-electron chi connectivity index (χ1n) is 7.79. The molecule has 2 N–H and O–H groups in total. The van der Waals surface area contributed by atoms with Crippen LogP contribution in [0.25, 0.3) is 0 Å². The summed E-state index contributed by atoms with van der Waals surface area (Å²) in [5, 5.41) is 13.2. The van der Waals surface area contributed by atoms with Crippen LogP contribution in [0.15, 0.2) is 0 Å². The molecule has 1 unspecified atom stereocenters. The molecule has 0 bridgehead atoms. The molecule has 2 rings (SSSR count). The van der Waals surface area contributed by atoms with E-state index in [2.05, 4.69) is 24.1 Å². The Bertz CT molecular complexity index is 313. The van der Waals surface area contributed by atoms with Crippen molar-refractivity contribution in [2.24, 2.45) is 0 Å². The van der Waals surface area contributed by atoms with Gasteiger partial charge in [0.15, 0.2) is 0 Å². The van der Waals surface area contributed by atoms with Crippen LogP contribution in [-0.2, 0) is 4.79 Å². The van der Waals surface area contributed by atoms with E-state index in [1.54, 1.807) is 0 Å². The minimum Gasteiger partial charge on any atom is -0.480 e. The van der Waals surface area contributed by atoms with E-state index >= 15 is 0 Å². The minimum absolute atomic E-state index is 0.418. The van der Waals surface area contributed by atoms with Gasteiger partial charge in [0.25, 0.3) is 0 Å². The van der Waals surface area contributed by atoms with Gasteiger partial charge in [-0.3, -0.25) is 10.1 Å². The van der Waals surface area contributed by atoms with Crippen LogP contribution in [0.1, 0.15) is 58.8 Å². The van der Waals surface area contributed by atoms with Gasteiger partial charge in [-0.05, 0) is 52.5 Å². The highest BCUT2D eigenvalue weighted by Gasteiger charge is 2.41. The van der Waals surface area contributed by atoms with E-state index in [0.717, 1.165) is 45.2 Å². The summed E-state index contributed by atoms with van der Waals surface area (Å²) < 4.78 is 0. The Labute approximate surface area is 116 Å². The minimum atomic E-state index is -0.682. The highest BCUT2D eigenvalue weighted by Crippen LogP contribution is 2.28. The molecular formula is C15H28N2O2. The second-order valence-electron chi connectivity index (χ2n) is 6.50. The molecule has 1 saturated heterocycles. The Hall–Kier alpha value is -0.610. The molecule has 0 amide bonds. The number of carboxylic acids is 1. The summed E-state index contributed by atoms with van der Waals surface area (Å²) in [5.74, 6) is -0.648. The van der Waals surface area contributed by atoms with Gasteiger partial charge in [-0.2, -0.15) is 0 Å². The van der Waals surface area contributed by atoms with Crippen molar-refractivity contribution in [2.75, 3.05) is 13.1 Å². The van der Waals surface area contributed by atoms with Crippen LogP contribution < -0.4 is 5.32 Å². The smallest absolute Gasteiger partial charge is 0.323 e. The zero-order chi connectivity index (χ0) is 13.9. The zero-order valence-corrected chi connectivity index (χ0v) is 12.3. The fourth-order valence-electron chi connectivity index (χ4n) is 3.55. The van der Waals surface area contributed by atoms with Gasteiger partial charge in [0.05, 0.1) is 0 Å². The highest BCUT2D eigenvalue weighted by molar-refractivity contribution is 5.79. The fraction of sp³-hybridized carbons (Fsp3) is 0.933. The third kappa shape index (κ3) is 3.48. The second kappa shape index (κ2) is 6.23. The van der Waals surface area contributed by atoms with Gasteiger partial charge < -0.3 is 10.0 Å². The first-order chi connectivity index (χ1) is 9.03. The highest BCUT2D eigenvalue weighted by atomic mass is 16.4. The van der Waals surface area contributed by atoms with Crippen molar-refractivity contribution in [1.82, 2.24) is 10.2 Å². The van der Waals surface area contributed by atoms with Gasteiger partial charge in [0, 0.05) is 18.6 Å². The topological polar surface area (TPSA) is 52.6 Å². The van der Waals surface area contributed by atoms with Crippen molar-refractivity contribution < 1.29 is 9.90 Å². The van der Waals surface area contributed by atoms with Gasteiger partial charge in [0.1, 0.15) is 5.54 Å². The Balaban J connectivity index is 2.04. The van der Waals surface area contributed by atoms with Crippen LogP contribution in [0.5, 0.6) is 0 Å². The van der Waals surface area contributed by atoms with E-state index in [0.29, 0.717) is 12.1 Å². The van der Waals surface area contributed by atoms with Crippen molar-refractivity contribution in [1.29, 1.82) is 0 Å². The largest absolute Gasteiger partial charge is 0.480 e. The van der Waals surface area contributed by atoms with Crippen molar-refractivity contribution in [3.05, 3.63) is 0 Å². The molecule has 2 aliphatic rings. The van der Waals surface area contributed by atoms with Crippen LogP contribution in [0.3, 0.4) is 0 Å². The molecule has 0 aromatic rings. The predicted octanol–water partition coefficient (Wildman–Crippen LogP) is 2.24. The molecule has 0 radical (unpaired) electrons. The van der Waals surface area contributed by atoms with Crippen LogP contribution in [0.4, 0.5) is 0 Å². The number of nitrogens with one attached hydrogen (secondary N) is 1. The molecule has 0 spiro atoms. The molecule has 1 heterocycles. The maximum atomic E-state index is 11.8. The lowest BCUT2D eigenvalue weighted by atomic mass is 9.89. The molecule has 110 valence electrons. The number of aliphatic carboxylic acids is 1. The first-order valence-corrected chi connectivity index (χ1v) is 7.79. The summed E-state index contributed by atoms with van der Waals surface area (Å²) in [6.45, 7) is 6.30. The maximum absolute atomic E-state index is 11.8. The van der Waals surface area contributed by atoms with Crippen molar-refractivity contribution in [3.63, 3.8) is 0 Å². The monoisotopic (exact) mass is 268 g/mol. The Morgan fingerprint density at radius 3 is 2.47 bits per heavy atom. The SMILES string of the molecule is CC(C)N1CCCC(NC2CCCC2)(C(=O)O)CC1. The third-order valence-corrected chi connectivity index (χ3v) is 4.85. The molecule has 19 heavy (non-hydrogen) atoms. The molecule has 2 fully saturated rings. The van der Waals surface area contributed by atoms with E-state index in [1.807, 2.05) is 0 Å². The van der Waals surface area contributed by atoms with E-state index in [4.69, 9.17) is 0 Å². The summed E-state index contributed by atoms with van der Waals surface area (Å²) in [5.41, 5.74) is -0.682.